The summed E-state index contributed by atoms with van der Waals surface area (Å²) in [6.07, 6.45) is -0.115. The van der Waals surface area contributed by atoms with Crippen LogP contribution in [0.5, 0.6) is 5.75 Å². The van der Waals surface area contributed by atoms with Crippen molar-refractivity contribution in [3.63, 3.8) is 0 Å². The highest BCUT2D eigenvalue weighted by Crippen LogP contribution is 2.27. The largest absolute Gasteiger partial charge is 0.506 e. The Balaban J connectivity index is 1.95. The maximum absolute atomic E-state index is 10.2. The molecule has 5 heteroatoms. The van der Waals surface area contributed by atoms with Crippen LogP contribution >= 0.6 is 0 Å². The smallest absolute Gasteiger partial charge is 0.143 e. The Labute approximate surface area is 134 Å². The SMILES string of the molecule is C=C(C)COC(C)c1ccc(O)c(-n2nc3ccccc3n2)c1. The molecule has 23 heavy (non-hydrogen) atoms. The molecule has 1 N–H and O–H groups in total. The van der Waals surface area contributed by atoms with Gasteiger partial charge in [-0.1, -0.05) is 30.4 Å². The second kappa shape index (κ2) is 6.22. The summed E-state index contributed by atoms with van der Waals surface area (Å²) in [5.41, 5.74) is 4.01. The van der Waals surface area contributed by atoms with Gasteiger partial charge in [0.2, 0.25) is 0 Å². The third-order valence-corrected chi connectivity index (χ3v) is 3.55. The van der Waals surface area contributed by atoms with Crippen molar-refractivity contribution in [2.45, 2.75) is 20.0 Å². The Morgan fingerprint density at radius 2 is 1.87 bits per heavy atom. The predicted molar refractivity (Wildman–Crippen MR) is 89.7 cm³/mol. The van der Waals surface area contributed by atoms with Gasteiger partial charge in [-0.15, -0.1) is 15.0 Å². The number of aromatic hydroxyl groups is 1. The van der Waals surface area contributed by atoms with E-state index < -0.39 is 0 Å². The van der Waals surface area contributed by atoms with E-state index in [4.69, 9.17) is 4.74 Å². The number of rotatable bonds is 5. The fourth-order valence-electron chi connectivity index (χ4n) is 2.28. The van der Waals surface area contributed by atoms with Gasteiger partial charge in [-0.2, -0.15) is 0 Å². The first-order chi connectivity index (χ1) is 11.0. The number of aromatic nitrogens is 3. The molecule has 1 unspecified atom stereocenters. The first kappa shape index (κ1) is 15.2. The number of fused-ring (bicyclic) bond motifs is 1. The van der Waals surface area contributed by atoms with Gasteiger partial charge in [-0.3, -0.25) is 0 Å². The van der Waals surface area contributed by atoms with Crippen LogP contribution in [0.4, 0.5) is 0 Å². The van der Waals surface area contributed by atoms with Gasteiger partial charge in [0, 0.05) is 0 Å². The highest BCUT2D eigenvalue weighted by molar-refractivity contribution is 5.73. The molecule has 0 saturated carbocycles. The zero-order valence-corrected chi connectivity index (χ0v) is 13.2. The van der Waals surface area contributed by atoms with Crippen LogP contribution in [0, 0.1) is 0 Å². The molecule has 0 aliphatic carbocycles. The van der Waals surface area contributed by atoms with Crippen LogP contribution in [0.3, 0.4) is 0 Å². The van der Waals surface area contributed by atoms with Gasteiger partial charge in [0.1, 0.15) is 22.5 Å². The topological polar surface area (TPSA) is 60.2 Å². The fraction of sp³-hybridized carbons (Fsp3) is 0.222. The summed E-state index contributed by atoms with van der Waals surface area (Å²) in [5.74, 6) is 0.126. The number of nitrogens with zero attached hydrogens (tertiary/aromatic N) is 3. The highest BCUT2D eigenvalue weighted by atomic mass is 16.5. The number of benzene rings is 2. The van der Waals surface area contributed by atoms with E-state index in [1.54, 1.807) is 6.07 Å². The van der Waals surface area contributed by atoms with Crippen LogP contribution in [-0.2, 0) is 4.74 Å². The van der Waals surface area contributed by atoms with Crippen molar-refractivity contribution in [3.05, 3.63) is 60.2 Å². The quantitative estimate of drug-likeness (QED) is 0.729. The molecular formula is C18H19N3O2. The van der Waals surface area contributed by atoms with E-state index in [9.17, 15) is 5.11 Å². The van der Waals surface area contributed by atoms with Crippen molar-refractivity contribution < 1.29 is 9.84 Å². The van der Waals surface area contributed by atoms with Crippen molar-refractivity contribution >= 4 is 11.0 Å². The van der Waals surface area contributed by atoms with Gasteiger partial charge in [0.05, 0.1) is 12.7 Å². The van der Waals surface area contributed by atoms with E-state index in [0.717, 1.165) is 22.2 Å². The zero-order valence-electron chi connectivity index (χ0n) is 13.2. The summed E-state index contributed by atoms with van der Waals surface area (Å²) >= 11 is 0. The van der Waals surface area contributed by atoms with Crippen LogP contribution in [0.1, 0.15) is 25.5 Å². The number of ether oxygens (including phenoxy) is 1. The second-order valence-electron chi connectivity index (χ2n) is 5.64. The molecule has 1 heterocycles. The third kappa shape index (κ3) is 3.24. The number of hydrogen-bond acceptors (Lipinski definition) is 4. The fourth-order valence-corrected chi connectivity index (χ4v) is 2.28. The van der Waals surface area contributed by atoms with E-state index in [-0.39, 0.29) is 11.9 Å². The molecule has 1 aromatic heterocycles. The van der Waals surface area contributed by atoms with Crippen LogP contribution in [0.25, 0.3) is 16.7 Å². The average Bonchev–Trinajstić information content (AvgIpc) is 2.96. The maximum atomic E-state index is 10.2. The minimum absolute atomic E-state index is 0.115. The molecule has 5 nitrogen and oxygen atoms in total. The van der Waals surface area contributed by atoms with E-state index in [1.165, 1.54) is 4.80 Å². The summed E-state index contributed by atoms with van der Waals surface area (Å²) in [4.78, 5) is 1.45. The summed E-state index contributed by atoms with van der Waals surface area (Å²) in [7, 11) is 0. The van der Waals surface area contributed by atoms with Gasteiger partial charge in [0.15, 0.2) is 0 Å². The Hall–Kier alpha value is -2.66. The van der Waals surface area contributed by atoms with Crippen molar-refractivity contribution in [3.8, 4) is 11.4 Å². The lowest BCUT2D eigenvalue weighted by molar-refractivity contribution is 0.0838. The van der Waals surface area contributed by atoms with Crippen molar-refractivity contribution in [1.29, 1.82) is 0 Å². The van der Waals surface area contributed by atoms with Crippen molar-refractivity contribution in [1.82, 2.24) is 15.0 Å². The molecule has 2 aromatic carbocycles. The first-order valence-corrected chi connectivity index (χ1v) is 7.46. The van der Waals surface area contributed by atoms with Gasteiger partial charge < -0.3 is 9.84 Å². The molecule has 1 atom stereocenters. The predicted octanol–water partition coefficient (Wildman–Crippen LogP) is 3.78. The highest BCUT2D eigenvalue weighted by Gasteiger charge is 2.13. The molecule has 0 fully saturated rings. The number of phenols is 1. The van der Waals surface area contributed by atoms with Crippen LogP contribution in [0.2, 0.25) is 0 Å². The molecule has 0 aliphatic heterocycles. The standard InChI is InChI=1S/C18H19N3O2/c1-12(2)11-23-13(3)14-8-9-18(22)17(10-14)21-19-15-6-4-5-7-16(15)20-21/h4-10,13,22H,1,11H2,2-3H3. The Bertz CT molecular complexity index is 821. The van der Waals surface area contributed by atoms with Crippen LogP contribution in [-0.4, -0.2) is 26.7 Å². The first-order valence-electron chi connectivity index (χ1n) is 7.46. The third-order valence-electron chi connectivity index (χ3n) is 3.55. The summed E-state index contributed by atoms with van der Waals surface area (Å²) in [5, 5.41) is 19.0. The number of hydrogen-bond donors (Lipinski definition) is 1. The molecular weight excluding hydrogens is 290 g/mol. The van der Waals surface area contributed by atoms with Gasteiger partial charge in [-0.25, -0.2) is 0 Å². The second-order valence-corrected chi connectivity index (χ2v) is 5.64. The molecule has 0 aliphatic rings. The molecule has 3 aromatic rings. The summed E-state index contributed by atoms with van der Waals surface area (Å²) in [6.45, 7) is 8.23. The van der Waals surface area contributed by atoms with E-state index >= 15 is 0 Å². The van der Waals surface area contributed by atoms with Crippen LogP contribution in [0.15, 0.2) is 54.6 Å². The molecule has 0 saturated heterocycles. The van der Waals surface area contributed by atoms with Crippen LogP contribution < -0.4 is 0 Å². The lowest BCUT2D eigenvalue weighted by Crippen LogP contribution is -2.05. The average molecular weight is 309 g/mol. The minimum Gasteiger partial charge on any atom is -0.506 e. The Morgan fingerprint density at radius 3 is 2.48 bits per heavy atom. The van der Waals surface area contributed by atoms with E-state index in [0.29, 0.717) is 12.3 Å². The Morgan fingerprint density at radius 1 is 1.22 bits per heavy atom. The van der Waals surface area contributed by atoms with Gasteiger partial charge in [0.25, 0.3) is 0 Å². The molecule has 3 rings (SSSR count). The Kier molecular flexibility index (Phi) is 4.12. The molecule has 0 spiro atoms. The normalized spacial score (nSPS) is 12.4. The van der Waals surface area contributed by atoms with Gasteiger partial charge in [-0.05, 0) is 43.7 Å². The van der Waals surface area contributed by atoms with E-state index in [2.05, 4.69) is 16.8 Å². The maximum Gasteiger partial charge on any atom is 0.143 e. The monoisotopic (exact) mass is 309 g/mol. The molecule has 118 valence electrons. The summed E-state index contributed by atoms with van der Waals surface area (Å²) < 4.78 is 5.75. The molecule has 0 bridgehead atoms. The molecule has 0 radical (unpaired) electrons. The lowest BCUT2D eigenvalue weighted by Gasteiger charge is -2.15. The van der Waals surface area contributed by atoms with Gasteiger partial charge >= 0.3 is 0 Å². The molecule has 0 amide bonds. The van der Waals surface area contributed by atoms with E-state index in [1.807, 2.05) is 50.2 Å². The summed E-state index contributed by atoms with van der Waals surface area (Å²) in [6, 6.07) is 12.9. The zero-order chi connectivity index (χ0) is 16.4. The van der Waals surface area contributed by atoms with Crippen molar-refractivity contribution in [2.24, 2.45) is 0 Å². The lowest BCUT2D eigenvalue weighted by atomic mass is 10.1. The van der Waals surface area contributed by atoms with Crippen molar-refractivity contribution in [2.75, 3.05) is 6.61 Å². The minimum atomic E-state index is -0.115. The number of phenolic OH excluding ortho intramolecular Hbond substituents is 1.